The Bertz CT molecular complexity index is 154. The number of hydrogen-bond donors (Lipinski definition) is 1. The number of rotatable bonds is 10. The van der Waals surface area contributed by atoms with Crippen molar-refractivity contribution < 1.29 is 14.6 Å². The molecule has 0 saturated carbocycles. The third kappa shape index (κ3) is 20.8. The van der Waals surface area contributed by atoms with Gasteiger partial charge in [0.15, 0.2) is 0 Å². The van der Waals surface area contributed by atoms with Crippen molar-refractivity contribution in [2.45, 2.75) is 78.1 Å². The normalized spacial score (nSPS) is 9.56. The van der Waals surface area contributed by atoms with E-state index in [0.29, 0.717) is 13.0 Å². The molecule has 0 unspecified atom stereocenters. The first-order valence-electron chi connectivity index (χ1n) is 7.40. The molecule has 0 aromatic heterocycles. The highest BCUT2D eigenvalue weighted by atomic mass is 16.5. The van der Waals surface area contributed by atoms with E-state index in [9.17, 15) is 4.79 Å². The molecule has 0 fully saturated rings. The summed E-state index contributed by atoms with van der Waals surface area (Å²) in [5.41, 5.74) is 0. The van der Waals surface area contributed by atoms with Crippen LogP contribution in [-0.4, -0.2) is 24.8 Å². The van der Waals surface area contributed by atoms with Gasteiger partial charge in [0, 0.05) is 13.0 Å². The van der Waals surface area contributed by atoms with Gasteiger partial charge >= 0.3 is 5.97 Å². The second-order valence-corrected chi connectivity index (χ2v) is 4.52. The molecule has 0 rings (SSSR count). The number of carbonyl (C=O) groups excluding carboxylic acids is 1. The molecule has 0 saturated heterocycles. The van der Waals surface area contributed by atoms with Crippen molar-refractivity contribution in [3.8, 4) is 0 Å². The fourth-order valence-electron chi connectivity index (χ4n) is 1.51. The minimum absolute atomic E-state index is 0.0782. The zero-order valence-corrected chi connectivity index (χ0v) is 12.5. The first kappa shape index (κ1) is 19.8. The summed E-state index contributed by atoms with van der Waals surface area (Å²) < 4.78 is 4.54. The van der Waals surface area contributed by atoms with E-state index in [1.165, 1.54) is 39.2 Å². The van der Waals surface area contributed by atoms with Crippen molar-refractivity contribution >= 4 is 5.97 Å². The zero-order chi connectivity index (χ0) is 14.1. The van der Waals surface area contributed by atoms with Crippen molar-refractivity contribution in [2.75, 3.05) is 13.7 Å². The molecule has 3 nitrogen and oxygen atoms in total. The van der Waals surface area contributed by atoms with Crippen LogP contribution in [0, 0.1) is 0 Å². The number of carbonyl (C=O) groups is 1. The largest absolute Gasteiger partial charge is 0.469 e. The molecule has 3 heteroatoms. The van der Waals surface area contributed by atoms with Gasteiger partial charge in [0.2, 0.25) is 0 Å². The van der Waals surface area contributed by atoms with Crippen molar-refractivity contribution in [1.82, 2.24) is 0 Å². The molecule has 0 amide bonds. The number of methoxy groups -OCH3 is 1. The monoisotopic (exact) mass is 260 g/mol. The summed E-state index contributed by atoms with van der Waals surface area (Å²) in [6.45, 7) is 4.68. The summed E-state index contributed by atoms with van der Waals surface area (Å²) in [6.07, 6.45) is 11.2. The average molecular weight is 260 g/mol. The van der Waals surface area contributed by atoms with Crippen LogP contribution >= 0.6 is 0 Å². The van der Waals surface area contributed by atoms with Gasteiger partial charge < -0.3 is 9.84 Å². The molecular weight excluding hydrogens is 228 g/mol. The molecule has 18 heavy (non-hydrogen) atoms. The van der Waals surface area contributed by atoms with Crippen molar-refractivity contribution in [3.63, 3.8) is 0 Å². The Morgan fingerprint density at radius 1 is 0.889 bits per heavy atom. The van der Waals surface area contributed by atoms with Gasteiger partial charge in [-0.05, 0) is 12.8 Å². The number of aliphatic hydroxyl groups excluding tert-OH is 1. The minimum Gasteiger partial charge on any atom is -0.469 e. The van der Waals surface area contributed by atoms with Gasteiger partial charge in [0.05, 0.1) is 7.11 Å². The van der Waals surface area contributed by atoms with E-state index in [1.54, 1.807) is 0 Å². The van der Waals surface area contributed by atoms with Crippen LogP contribution in [0.3, 0.4) is 0 Å². The highest BCUT2D eigenvalue weighted by Gasteiger charge is 1.98. The lowest BCUT2D eigenvalue weighted by Gasteiger charge is -1.99. The molecule has 0 aliphatic carbocycles. The Hall–Kier alpha value is -0.570. The molecular formula is C15H32O3. The van der Waals surface area contributed by atoms with E-state index in [-0.39, 0.29) is 5.97 Å². The Labute approximate surface area is 113 Å². The van der Waals surface area contributed by atoms with Gasteiger partial charge in [-0.25, -0.2) is 0 Å². The van der Waals surface area contributed by atoms with Crippen LogP contribution in [0.2, 0.25) is 0 Å². The fourth-order valence-corrected chi connectivity index (χ4v) is 1.51. The molecule has 0 atom stereocenters. The third-order valence-electron chi connectivity index (χ3n) is 2.72. The van der Waals surface area contributed by atoms with Crippen LogP contribution < -0.4 is 0 Å². The molecule has 0 heterocycles. The fraction of sp³-hybridized carbons (Fsp3) is 0.933. The lowest BCUT2D eigenvalue weighted by molar-refractivity contribution is -0.140. The molecule has 0 bridgehead atoms. The third-order valence-corrected chi connectivity index (χ3v) is 2.72. The van der Waals surface area contributed by atoms with Gasteiger partial charge in [-0.1, -0.05) is 58.8 Å². The number of unbranched alkanes of at least 4 members (excludes halogenated alkanes) is 7. The molecule has 0 spiro atoms. The lowest BCUT2D eigenvalue weighted by atomic mass is 10.1. The summed E-state index contributed by atoms with van der Waals surface area (Å²) in [5.74, 6) is -0.0782. The smallest absolute Gasteiger partial charge is 0.305 e. The van der Waals surface area contributed by atoms with Crippen LogP contribution in [0.1, 0.15) is 78.1 Å². The van der Waals surface area contributed by atoms with E-state index < -0.39 is 0 Å². The maximum absolute atomic E-state index is 10.7. The summed E-state index contributed by atoms with van der Waals surface area (Å²) >= 11 is 0. The number of hydrogen-bond acceptors (Lipinski definition) is 3. The van der Waals surface area contributed by atoms with E-state index in [2.05, 4.69) is 18.6 Å². The molecule has 0 aromatic carbocycles. The average Bonchev–Trinajstić information content (AvgIpc) is 2.40. The van der Waals surface area contributed by atoms with E-state index in [0.717, 1.165) is 25.7 Å². The van der Waals surface area contributed by atoms with Crippen LogP contribution in [0.25, 0.3) is 0 Å². The standard InChI is InChI=1S/C10H20O2.C5H12O/c1-3-4-5-6-7-8-9-10(11)12-2;1-2-3-4-5-6/h3-9H2,1-2H3;6H,2-5H2,1H3. The summed E-state index contributed by atoms with van der Waals surface area (Å²) in [7, 11) is 1.44. The highest BCUT2D eigenvalue weighted by molar-refractivity contribution is 5.68. The second kappa shape index (κ2) is 18.8. The van der Waals surface area contributed by atoms with Crippen LogP contribution in [0.15, 0.2) is 0 Å². The molecule has 0 aromatic rings. The Kier molecular flexibility index (Phi) is 20.6. The number of esters is 1. The second-order valence-electron chi connectivity index (χ2n) is 4.52. The maximum atomic E-state index is 10.7. The minimum atomic E-state index is -0.0782. The topological polar surface area (TPSA) is 46.5 Å². The van der Waals surface area contributed by atoms with E-state index >= 15 is 0 Å². The predicted molar refractivity (Wildman–Crippen MR) is 76.6 cm³/mol. The molecule has 0 aliphatic rings. The molecule has 0 aliphatic heterocycles. The Morgan fingerprint density at radius 2 is 1.39 bits per heavy atom. The number of aliphatic hydroxyl groups is 1. The van der Waals surface area contributed by atoms with E-state index in [1.807, 2.05) is 0 Å². The maximum Gasteiger partial charge on any atom is 0.305 e. The van der Waals surface area contributed by atoms with Crippen molar-refractivity contribution in [2.24, 2.45) is 0 Å². The van der Waals surface area contributed by atoms with Gasteiger partial charge in [0.1, 0.15) is 0 Å². The number of ether oxygens (including phenoxy) is 1. The van der Waals surface area contributed by atoms with Crippen LogP contribution in [0.5, 0.6) is 0 Å². The molecule has 1 N–H and O–H groups in total. The highest BCUT2D eigenvalue weighted by Crippen LogP contribution is 2.06. The summed E-state index contributed by atoms with van der Waals surface area (Å²) in [6, 6.07) is 0. The first-order chi connectivity index (χ1) is 8.72. The van der Waals surface area contributed by atoms with Crippen molar-refractivity contribution in [3.05, 3.63) is 0 Å². The first-order valence-corrected chi connectivity index (χ1v) is 7.40. The summed E-state index contributed by atoms with van der Waals surface area (Å²) in [5, 5.41) is 8.20. The van der Waals surface area contributed by atoms with Gasteiger partial charge in [0.25, 0.3) is 0 Å². The van der Waals surface area contributed by atoms with Gasteiger partial charge in [-0.2, -0.15) is 0 Å². The van der Waals surface area contributed by atoms with Crippen LogP contribution in [0.4, 0.5) is 0 Å². The Morgan fingerprint density at radius 3 is 1.83 bits per heavy atom. The van der Waals surface area contributed by atoms with E-state index in [4.69, 9.17) is 5.11 Å². The molecule has 0 radical (unpaired) electrons. The zero-order valence-electron chi connectivity index (χ0n) is 12.5. The predicted octanol–water partition coefficient (Wildman–Crippen LogP) is 4.08. The van der Waals surface area contributed by atoms with Crippen molar-refractivity contribution in [1.29, 1.82) is 0 Å². The lowest BCUT2D eigenvalue weighted by Crippen LogP contribution is -1.98. The molecule has 110 valence electrons. The summed E-state index contributed by atoms with van der Waals surface area (Å²) in [4.78, 5) is 10.7. The SMILES string of the molecule is CCCCCCCCC(=O)OC.CCCCCO. The van der Waals surface area contributed by atoms with Gasteiger partial charge in [-0.15, -0.1) is 0 Å². The van der Waals surface area contributed by atoms with Crippen LogP contribution in [-0.2, 0) is 9.53 Å². The Balaban J connectivity index is 0. The quantitative estimate of drug-likeness (QED) is 0.475. The van der Waals surface area contributed by atoms with Gasteiger partial charge in [-0.3, -0.25) is 4.79 Å².